The standard InChI is InChI=1S/C12H13F3N2O3/c1-7-8(11(19)20)3-2-4-9(7)17-10(18)5-16-6-12(13,14)15/h2-4,16H,5-6H2,1H3,(H,17,18)(H,19,20). The Morgan fingerprint density at radius 1 is 1.30 bits per heavy atom. The molecule has 0 unspecified atom stereocenters. The molecule has 3 N–H and O–H groups in total. The molecule has 5 nitrogen and oxygen atoms in total. The molecule has 0 aromatic heterocycles. The molecule has 0 spiro atoms. The first kappa shape index (κ1) is 16.0. The number of hydrogen-bond donors (Lipinski definition) is 3. The maximum Gasteiger partial charge on any atom is 0.401 e. The number of amides is 1. The SMILES string of the molecule is Cc1c(NC(=O)CNCC(F)(F)F)cccc1C(=O)O. The number of carboxylic acid groups (broad SMARTS) is 1. The van der Waals surface area contributed by atoms with Crippen LogP contribution in [0, 0.1) is 6.92 Å². The minimum absolute atomic E-state index is 0.0195. The summed E-state index contributed by atoms with van der Waals surface area (Å²) >= 11 is 0. The first-order valence-electron chi connectivity index (χ1n) is 5.61. The van der Waals surface area contributed by atoms with Crippen molar-refractivity contribution in [3.63, 3.8) is 0 Å². The quantitative estimate of drug-likeness (QED) is 0.772. The molecule has 0 aliphatic carbocycles. The Kier molecular flexibility index (Phi) is 5.09. The van der Waals surface area contributed by atoms with E-state index in [2.05, 4.69) is 5.32 Å². The summed E-state index contributed by atoms with van der Waals surface area (Å²) in [6, 6.07) is 4.29. The van der Waals surface area contributed by atoms with Crippen LogP contribution in [0.5, 0.6) is 0 Å². The van der Waals surface area contributed by atoms with Crippen molar-refractivity contribution in [3.05, 3.63) is 29.3 Å². The second kappa shape index (κ2) is 6.38. The van der Waals surface area contributed by atoms with Crippen LogP contribution in [-0.4, -0.2) is 36.2 Å². The number of halogens is 3. The summed E-state index contributed by atoms with van der Waals surface area (Å²) in [6.45, 7) is -0.285. The van der Waals surface area contributed by atoms with Gasteiger partial charge in [-0.25, -0.2) is 4.79 Å². The fourth-order valence-corrected chi connectivity index (χ4v) is 1.51. The molecule has 0 atom stereocenters. The molecule has 0 radical (unpaired) electrons. The minimum Gasteiger partial charge on any atom is -0.478 e. The molecule has 1 aromatic rings. The van der Waals surface area contributed by atoms with Crippen molar-refractivity contribution < 1.29 is 27.9 Å². The molecule has 1 aromatic carbocycles. The van der Waals surface area contributed by atoms with Crippen molar-refractivity contribution in [2.24, 2.45) is 0 Å². The second-order valence-corrected chi connectivity index (χ2v) is 4.05. The van der Waals surface area contributed by atoms with E-state index in [1.54, 1.807) is 0 Å². The second-order valence-electron chi connectivity index (χ2n) is 4.05. The van der Waals surface area contributed by atoms with Gasteiger partial charge in [0.2, 0.25) is 5.91 Å². The molecule has 1 amide bonds. The molecule has 1 rings (SSSR count). The van der Waals surface area contributed by atoms with Crippen LogP contribution < -0.4 is 10.6 Å². The normalized spacial score (nSPS) is 11.2. The van der Waals surface area contributed by atoms with Gasteiger partial charge in [0.05, 0.1) is 18.7 Å². The Balaban J connectivity index is 2.63. The summed E-state index contributed by atoms with van der Waals surface area (Å²) in [5, 5.41) is 13.2. The molecule has 0 aliphatic rings. The molecule has 0 saturated heterocycles. The predicted octanol–water partition coefficient (Wildman–Crippen LogP) is 1.78. The van der Waals surface area contributed by atoms with Crippen molar-refractivity contribution in [1.29, 1.82) is 0 Å². The fourth-order valence-electron chi connectivity index (χ4n) is 1.51. The van der Waals surface area contributed by atoms with Gasteiger partial charge in [-0.1, -0.05) is 6.07 Å². The number of alkyl halides is 3. The van der Waals surface area contributed by atoms with E-state index in [1.165, 1.54) is 25.1 Å². The van der Waals surface area contributed by atoms with Crippen molar-refractivity contribution in [2.45, 2.75) is 13.1 Å². The highest BCUT2D eigenvalue weighted by molar-refractivity contribution is 5.96. The van der Waals surface area contributed by atoms with Crippen LogP contribution in [0.4, 0.5) is 18.9 Å². The summed E-state index contributed by atoms with van der Waals surface area (Å²) in [6.07, 6.45) is -4.39. The van der Waals surface area contributed by atoms with Crippen LogP contribution in [0.1, 0.15) is 15.9 Å². The van der Waals surface area contributed by atoms with E-state index in [0.717, 1.165) is 0 Å². The average molecular weight is 290 g/mol. The van der Waals surface area contributed by atoms with Crippen LogP contribution in [0.25, 0.3) is 0 Å². The lowest BCUT2D eigenvalue weighted by molar-refractivity contribution is -0.127. The van der Waals surface area contributed by atoms with Crippen LogP contribution in [-0.2, 0) is 4.79 Å². The van der Waals surface area contributed by atoms with Gasteiger partial charge in [-0.15, -0.1) is 0 Å². The van der Waals surface area contributed by atoms with Gasteiger partial charge < -0.3 is 15.7 Å². The van der Waals surface area contributed by atoms with Gasteiger partial charge in [0.1, 0.15) is 0 Å². The van der Waals surface area contributed by atoms with E-state index in [0.29, 0.717) is 5.56 Å². The molecule has 8 heteroatoms. The number of carbonyl (C=O) groups is 2. The summed E-state index contributed by atoms with van der Waals surface area (Å²) in [7, 11) is 0. The van der Waals surface area contributed by atoms with Gasteiger partial charge in [0.15, 0.2) is 0 Å². The molecule has 110 valence electrons. The lowest BCUT2D eigenvalue weighted by Gasteiger charge is -2.11. The topological polar surface area (TPSA) is 78.4 Å². The third-order valence-corrected chi connectivity index (χ3v) is 2.45. The third-order valence-electron chi connectivity index (χ3n) is 2.45. The summed E-state index contributed by atoms with van der Waals surface area (Å²) < 4.78 is 35.6. The van der Waals surface area contributed by atoms with Gasteiger partial charge >= 0.3 is 12.1 Å². The highest BCUT2D eigenvalue weighted by Crippen LogP contribution is 2.18. The Morgan fingerprint density at radius 3 is 2.50 bits per heavy atom. The number of carbonyl (C=O) groups excluding carboxylic acids is 1. The smallest absolute Gasteiger partial charge is 0.401 e. The molecule has 0 fully saturated rings. The average Bonchev–Trinajstić information content (AvgIpc) is 2.29. The molecule has 0 bridgehead atoms. The molecule has 20 heavy (non-hydrogen) atoms. The fraction of sp³-hybridized carbons (Fsp3) is 0.333. The monoisotopic (exact) mass is 290 g/mol. The summed E-state index contributed by atoms with van der Waals surface area (Å²) in [5.74, 6) is -1.83. The van der Waals surface area contributed by atoms with Gasteiger partial charge in [-0.3, -0.25) is 4.79 Å². The van der Waals surface area contributed by atoms with Crippen molar-refractivity contribution in [3.8, 4) is 0 Å². The minimum atomic E-state index is -4.39. The van der Waals surface area contributed by atoms with E-state index in [1.807, 2.05) is 5.32 Å². The third kappa shape index (κ3) is 4.88. The van der Waals surface area contributed by atoms with Crippen molar-refractivity contribution in [1.82, 2.24) is 5.32 Å². The molecule has 0 saturated carbocycles. The van der Waals surface area contributed by atoms with Gasteiger partial charge in [0.25, 0.3) is 0 Å². The zero-order valence-corrected chi connectivity index (χ0v) is 10.5. The van der Waals surface area contributed by atoms with Gasteiger partial charge in [-0.05, 0) is 24.6 Å². The van der Waals surface area contributed by atoms with Crippen LogP contribution in [0.15, 0.2) is 18.2 Å². The summed E-state index contributed by atoms with van der Waals surface area (Å²) in [4.78, 5) is 22.3. The highest BCUT2D eigenvalue weighted by Gasteiger charge is 2.26. The number of carboxylic acids is 1. The Bertz CT molecular complexity index is 515. The number of benzene rings is 1. The Labute approximate surface area is 112 Å². The zero-order valence-electron chi connectivity index (χ0n) is 10.5. The first-order chi connectivity index (χ1) is 9.20. The van der Waals surface area contributed by atoms with E-state index in [-0.39, 0.29) is 11.3 Å². The van der Waals surface area contributed by atoms with Crippen molar-refractivity contribution >= 4 is 17.6 Å². The lowest BCUT2D eigenvalue weighted by Crippen LogP contribution is -2.35. The Morgan fingerprint density at radius 2 is 1.95 bits per heavy atom. The van der Waals surface area contributed by atoms with Crippen LogP contribution >= 0.6 is 0 Å². The van der Waals surface area contributed by atoms with Crippen LogP contribution in [0.2, 0.25) is 0 Å². The maximum absolute atomic E-state index is 11.9. The molecule has 0 aliphatic heterocycles. The van der Waals surface area contributed by atoms with Gasteiger partial charge in [0, 0.05) is 5.69 Å². The molecule has 0 heterocycles. The number of aromatic carboxylic acids is 1. The number of rotatable bonds is 5. The van der Waals surface area contributed by atoms with Gasteiger partial charge in [-0.2, -0.15) is 13.2 Å². The first-order valence-corrected chi connectivity index (χ1v) is 5.61. The van der Waals surface area contributed by atoms with E-state index in [9.17, 15) is 22.8 Å². The largest absolute Gasteiger partial charge is 0.478 e. The number of nitrogens with one attached hydrogen (secondary N) is 2. The lowest BCUT2D eigenvalue weighted by atomic mass is 10.1. The molecular formula is C12H13F3N2O3. The van der Waals surface area contributed by atoms with E-state index < -0.39 is 31.1 Å². The zero-order chi connectivity index (χ0) is 15.3. The Hall–Kier alpha value is -2.09. The number of anilines is 1. The van der Waals surface area contributed by atoms with E-state index >= 15 is 0 Å². The van der Waals surface area contributed by atoms with E-state index in [4.69, 9.17) is 5.11 Å². The highest BCUT2D eigenvalue weighted by atomic mass is 19.4. The maximum atomic E-state index is 11.9. The molecular weight excluding hydrogens is 277 g/mol. The predicted molar refractivity (Wildman–Crippen MR) is 65.7 cm³/mol. The van der Waals surface area contributed by atoms with Crippen LogP contribution in [0.3, 0.4) is 0 Å². The van der Waals surface area contributed by atoms with Crippen molar-refractivity contribution in [2.75, 3.05) is 18.4 Å². The number of hydrogen-bond acceptors (Lipinski definition) is 3. The summed E-state index contributed by atoms with van der Waals surface area (Å²) in [5.41, 5.74) is 0.610.